The van der Waals surface area contributed by atoms with Gasteiger partial charge in [0.15, 0.2) is 0 Å². The van der Waals surface area contributed by atoms with Crippen LogP contribution in [0.15, 0.2) is 18.2 Å². The Morgan fingerprint density at radius 1 is 1.30 bits per heavy atom. The van der Waals surface area contributed by atoms with Gasteiger partial charge in [0, 0.05) is 15.4 Å². The summed E-state index contributed by atoms with van der Waals surface area (Å²) >= 11 is 1.76. The molecule has 0 saturated heterocycles. The molecule has 5 heteroatoms. The largest absolute Gasteiger partial charge is 0.478 e. The molecule has 0 fully saturated rings. The maximum absolute atomic E-state index is 11.1. The Morgan fingerprint density at radius 2 is 2.00 bits per heavy atom. The minimum Gasteiger partial charge on any atom is -0.478 e. The highest BCUT2D eigenvalue weighted by atomic mass is 32.1. The molecule has 0 spiro atoms. The van der Waals surface area contributed by atoms with Crippen molar-refractivity contribution in [2.45, 2.75) is 33.7 Å². The zero-order valence-corrected chi connectivity index (χ0v) is 12.8. The second-order valence-corrected chi connectivity index (χ2v) is 6.38. The van der Waals surface area contributed by atoms with Gasteiger partial charge >= 0.3 is 5.97 Å². The molecule has 0 aliphatic rings. The van der Waals surface area contributed by atoms with E-state index in [0.717, 1.165) is 0 Å². The Morgan fingerprint density at radius 3 is 2.55 bits per heavy atom. The molecule has 0 amide bonds. The molecular weight excluding hydrogens is 272 g/mol. The highest BCUT2D eigenvalue weighted by molar-refractivity contribution is 7.12. The van der Waals surface area contributed by atoms with Gasteiger partial charge in [0.1, 0.15) is 5.82 Å². The summed E-state index contributed by atoms with van der Waals surface area (Å²) in [5.41, 5.74) is 2.18. The van der Waals surface area contributed by atoms with Crippen LogP contribution in [0.3, 0.4) is 0 Å². The van der Waals surface area contributed by atoms with Crippen molar-refractivity contribution < 1.29 is 9.90 Å². The maximum Gasteiger partial charge on any atom is 0.335 e. The second-order valence-electron chi connectivity index (χ2n) is 4.92. The fraction of sp³-hybridized carbons (Fsp3) is 0.333. The van der Waals surface area contributed by atoms with E-state index in [1.54, 1.807) is 30.4 Å². The molecule has 0 bridgehead atoms. The number of carboxylic acid groups (broad SMARTS) is 1. The lowest BCUT2D eigenvalue weighted by Gasteiger charge is -2.15. The van der Waals surface area contributed by atoms with Gasteiger partial charge in [-0.1, -0.05) is 0 Å². The van der Waals surface area contributed by atoms with Crippen molar-refractivity contribution in [2.75, 3.05) is 5.32 Å². The van der Waals surface area contributed by atoms with Gasteiger partial charge in [-0.25, -0.2) is 9.78 Å². The monoisotopic (exact) mass is 290 g/mol. The molecule has 0 radical (unpaired) electrons. The Bertz CT molecular complexity index is 649. The lowest BCUT2D eigenvalue weighted by atomic mass is 10.1. The van der Waals surface area contributed by atoms with Gasteiger partial charge in [-0.05, 0) is 51.5 Å². The van der Waals surface area contributed by atoms with Crippen molar-refractivity contribution in [1.29, 1.82) is 0 Å². The minimum absolute atomic E-state index is 0.0934. The maximum atomic E-state index is 11.1. The first kappa shape index (κ1) is 14.5. The average Bonchev–Trinajstić information content (AvgIpc) is 2.67. The van der Waals surface area contributed by atoms with Gasteiger partial charge < -0.3 is 10.4 Å². The number of pyridine rings is 1. The Hall–Kier alpha value is -1.88. The molecule has 0 aromatic carbocycles. The predicted octanol–water partition coefficient (Wildman–Crippen LogP) is 3.94. The first-order valence-corrected chi connectivity index (χ1v) is 7.24. The molecule has 2 N–H and O–H groups in total. The van der Waals surface area contributed by atoms with E-state index in [4.69, 9.17) is 5.11 Å². The van der Waals surface area contributed by atoms with Gasteiger partial charge in [-0.3, -0.25) is 0 Å². The van der Waals surface area contributed by atoms with Crippen LogP contribution in [0.25, 0.3) is 0 Å². The molecule has 2 aromatic rings. The van der Waals surface area contributed by atoms with Crippen LogP contribution in [0.1, 0.15) is 44.3 Å². The first-order valence-electron chi connectivity index (χ1n) is 6.42. The van der Waals surface area contributed by atoms with Gasteiger partial charge in [0.25, 0.3) is 0 Å². The van der Waals surface area contributed by atoms with E-state index in [2.05, 4.69) is 37.1 Å². The third-order valence-electron chi connectivity index (χ3n) is 3.11. The quantitative estimate of drug-likeness (QED) is 0.895. The van der Waals surface area contributed by atoms with E-state index in [1.807, 2.05) is 0 Å². The minimum atomic E-state index is -0.936. The number of anilines is 1. The molecule has 2 heterocycles. The van der Waals surface area contributed by atoms with Crippen LogP contribution in [0.4, 0.5) is 5.82 Å². The summed E-state index contributed by atoms with van der Waals surface area (Å²) in [7, 11) is 0. The molecule has 4 nitrogen and oxygen atoms in total. The van der Waals surface area contributed by atoms with Crippen molar-refractivity contribution in [3.05, 3.63) is 44.8 Å². The molecule has 106 valence electrons. The second kappa shape index (κ2) is 5.63. The molecular formula is C15H18N2O2S. The number of carbonyl (C=O) groups is 1. The molecule has 1 unspecified atom stereocenters. The summed E-state index contributed by atoms with van der Waals surface area (Å²) in [5.74, 6) is -0.341. The van der Waals surface area contributed by atoms with Crippen LogP contribution in [0.2, 0.25) is 0 Å². The molecule has 0 saturated carbocycles. The smallest absolute Gasteiger partial charge is 0.335 e. The van der Waals surface area contributed by atoms with Gasteiger partial charge in [-0.15, -0.1) is 11.3 Å². The third kappa shape index (κ3) is 3.17. The van der Waals surface area contributed by atoms with E-state index in [1.165, 1.54) is 15.3 Å². The van der Waals surface area contributed by atoms with E-state index in [9.17, 15) is 4.79 Å². The number of nitrogens with zero attached hydrogens (tertiary/aromatic N) is 1. The lowest BCUT2D eigenvalue weighted by Crippen LogP contribution is -2.10. The van der Waals surface area contributed by atoms with Crippen molar-refractivity contribution in [1.82, 2.24) is 4.98 Å². The molecule has 0 aliphatic carbocycles. The number of hydrogen-bond donors (Lipinski definition) is 2. The van der Waals surface area contributed by atoms with E-state index >= 15 is 0 Å². The predicted molar refractivity (Wildman–Crippen MR) is 81.8 cm³/mol. The topological polar surface area (TPSA) is 62.2 Å². The fourth-order valence-electron chi connectivity index (χ4n) is 2.25. The highest BCUT2D eigenvalue weighted by Gasteiger charge is 2.13. The lowest BCUT2D eigenvalue weighted by molar-refractivity contribution is 0.0696. The zero-order chi connectivity index (χ0) is 14.9. The normalized spacial score (nSPS) is 12.2. The molecule has 2 aromatic heterocycles. The standard InChI is InChI=1S/C15H18N2O2S/c1-8-5-12(15(18)19)7-14(16-8)17-10(3)13-6-9(2)20-11(13)4/h5-7,10H,1-4H3,(H,16,17)(H,18,19). The zero-order valence-electron chi connectivity index (χ0n) is 12.0. The molecule has 20 heavy (non-hydrogen) atoms. The van der Waals surface area contributed by atoms with Crippen LogP contribution in [-0.2, 0) is 0 Å². The molecule has 2 rings (SSSR count). The first-order chi connectivity index (χ1) is 9.36. The van der Waals surface area contributed by atoms with Crippen LogP contribution in [0, 0.1) is 20.8 Å². The summed E-state index contributed by atoms with van der Waals surface area (Å²) in [6, 6.07) is 5.39. The summed E-state index contributed by atoms with van der Waals surface area (Å²) in [6.07, 6.45) is 0. The molecule has 1 atom stereocenters. The van der Waals surface area contributed by atoms with Crippen molar-refractivity contribution in [3.63, 3.8) is 0 Å². The van der Waals surface area contributed by atoms with Crippen LogP contribution >= 0.6 is 11.3 Å². The Balaban J connectivity index is 2.25. The van der Waals surface area contributed by atoms with Crippen LogP contribution in [-0.4, -0.2) is 16.1 Å². The van der Waals surface area contributed by atoms with Gasteiger partial charge in [0.2, 0.25) is 0 Å². The molecule has 0 aliphatic heterocycles. The average molecular weight is 290 g/mol. The summed E-state index contributed by atoms with van der Waals surface area (Å²) in [5, 5.41) is 12.4. The number of aryl methyl sites for hydroxylation is 3. The number of aromatic nitrogens is 1. The Labute approximate surface area is 122 Å². The number of carboxylic acids is 1. The number of hydrogen-bond acceptors (Lipinski definition) is 4. The number of thiophene rings is 1. The van der Waals surface area contributed by atoms with Gasteiger partial charge in [-0.2, -0.15) is 0 Å². The van der Waals surface area contributed by atoms with Crippen LogP contribution in [0.5, 0.6) is 0 Å². The van der Waals surface area contributed by atoms with E-state index < -0.39 is 5.97 Å². The van der Waals surface area contributed by atoms with Crippen molar-refractivity contribution >= 4 is 23.1 Å². The third-order valence-corrected chi connectivity index (χ3v) is 4.09. The fourth-order valence-corrected chi connectivity index (χ4v) is 3.27. The van der Waals surface area contributed by atoms with E-state index in [-0.39, 0.29) is 11.6 Å². The Kier molecular flexibility index (Phi) is 4.09. The number of rotatable bonds is 4. The summed E-state index contributed by atoms with van der Waals surface area (Å²) in [4.78, 5) is 18.0. The summed E-state index contributed by atoms with van der Waals surface area (Å²) < 4.78 is 0. The van der Waals surface area contributed by atoms with Crippen molar-refractivity contribution in [3.8, 4) is 0 Å². The number of nitrogens with one attached hydrogen (secondary N) is 1. The van der Waals surface area contributed by atoms with Crippen LogP contribution < -0.4 is 5.32 Å². The van der Waals surface area contributed by atoms with Gasteiger partial charge in [0.05, 0.1) is 11.6 Å². The summed E-state index contributed by atoms with van der Waals surface area (Å²) in [6.45, 7) is 8.03. The van der Waals surface area contributed by atoms with Crippen molar-refractivity contribution in [2.24, 2.45) is 0 Å². The number of aromatic carboxylic acids is 1. The van der Waals surface area contributed by atoms with E-state index in [0.29, 0.717) is 11.5 Å². The highest BCUT2D eigenvalue weighted by Crippen LogP contribution is 2.28. The SMILES string of the molecule is Cc1cc(C(=O)O)cc(NC(C)c2cc(C)sc2C)n1.